The van der Waals surface area contributed by atoms with Crippen LogP contribution in [-0.4, -0.2) is 44.0 Å². The molecule has 0 atom stereocenters. The van der Waals surface area contributed by atoms with E-state index in [0.29, 0.717) is 32.3 Å². The Kier molecular flexibility index (Phi) is 6.17. The van der Waals surface area contributed by atoms with Crippen molar-refractivity contribution in [3.63, 3.8) is 0 Å². The summed E-state index contributed by atoms with van der Waals surface area (Å²) in [7, 11) is 0. The lowest BCUT2D eigenvalue weighted by Crippen LogP contribution is -2.29. The van der Waals surface area contributed by atoms with Crippen molar-refractivity contribution in [2.45, 2.75) is 0 Å². The largest absolute Gasteiger partial charge is 0.403 e. The van der Waals surface area contributed by atoms with Gasteiger partial charge in [-0.1, -0.05) is 69.8 Å². The number of benzene rings is 4. The van der Waals surface area contributed by atoms with Crippen molar-refractivity contribution in [1.82, 2.24) is 20.4 Å². The number of fused-ring (bicyclic) bond motifs is 2. The Morgan fingerprint density at radius 1 is 0.457 bits per heavy atom. The summed E-state index contributed by atoms with van der Waals surface area (Å²) in [6.45, 7) is 0. The van der Waals surface area contributed by atoms with Crippen LogP contribution in [0.25, 0.3) is 34.0 Å². The van der Waals surface area contributed by atoms with E-state index in [4.69, 9.17) is 32.0 Å². The van der Waals surface area contributed by atoms with E-state index in [1.165, 1.54) is 24.3 Å². The predicted molar refractivity (Wildman–Crippen MR) is 164 cm³/mol. The van der Waals surface area contributed by atoms with Crippen LogP contribution in [0.1, 0.15) is 41.4 Å². The molecule has 2 aromatic heterocycles. The van der Waals surface area contributed by atoms with Gasteiger partial charge in [0.15, 0.2) is 0 Å². The average molecular weight is 649 g/mol. The lowest BCUT2D eigenvalue weighted by atomic mass is 9.97. The Hall–Kier alpha value is -5.98. The Labute approximate surface area is 267 Å². The van der Waals surface area contributed by atoms with Gasteiger partial charge >= 0.3 is 12.0 Å². The third-order valence-electron chi connectivity index (χ3n) is 7.53. The molecule has 14 heteroatoms. The van der Waals surface area contributed by atoms with Crippen LogP contribution in [0.15, 0.2) is 93.8 Å². The van der Waals surface area contributed by atoms with Crippen LogP contribution in [0.4, 0.5) is 12.0 Å². The molecule has 0 saturated heterocycles. The Morgan fingerprint density at radius 3 is 1.26 bits per heavy atom. The molecule has 0 fully saturated rings. The van der Waals surface area contributed by atoms with Crippen molar-refractivity contribution in [3.05, 3.63) is 117 Å². The van der Waals surface area contributed by atoms with Gasteiger partial charge < -0.3 is 8.83 Å². The first kappa shape index (κ1) is 27.6. The summed E-state index contributed by atoms with van der Waals surface area (Å²) in [5, 5.41) is 16.4. The quantitative estimate of drug-likeness (QED) is 0.193. The first-order valence-electron chi connectivity index (χ1n) is 13.5. The molecular formula is C32H14Cl2N6O6. The van der Waals surface area contributed by atoms with Crippen LogP contribution in [0.2, 0.25) is 10.0 Å². The lowest BCUT2D eigenvalue weighted by Gasteiger charge is -2.07. The number of halogens is 2. The van der Waals surface area contributed by atoms with Crippen LogP contribution >= 0.6 is 23.2 Å². The van der Waals surface area contributed by atoms with Gasteiger partial charge in [0.2, 0.25) is 0 Å². The molecule has 2 aliphatic heterocycles. The van der Waals surface area contributed by atoms with Crippen LogP contribution in [-0.2, 0) is 0 Å². The fraction of sp³-hybridized carbons (Fsp3) is 0. The molecule has 6 aromatic rings. The molecule has 8 rings (SSSR count). The number of carbonyl (C=O) groups excluding carboxylic acids is 4. The third kappa shape index (κ3) is 4.15. The number of amides is 4. The highest BCUT2D eigenvalue weighted by atomic mass is 35.5. The first-order chi connectivity index (χ1) is 22.3. The van der Waals surface area contributed by atoms with E-state index in [-0.39, 0.29) is 46.1 Å². The van der Waals surface area contributed by atoms with E-state index >= 15 is 0 Å². The molecule has 222 valence electrons. The zero-order chi connectivity index (χ0) is 31.7. The molecule has 0 unspecified atom stereocenters. The zero-order valence-electron chi connectivity index (χ0n) is 23.0. The van der Waals surface area contributed by atoms with Crippen molar-refractivity contribution >= 4 is 58.9 Å². The second-order valence-corrected chi connectivity index (χ2v) is 11.0. The Morgan fingerprint density at radius 2 is 0.848 bits per heavy atom. The average Bonchev–Trinajstić information content (AvgIpc) is 3.84. The molecule has 0 spiro atoms. The number of aromatic nitrogens is 4. The predicted octanol–water partition coefficient (Wildman–Crippen LogP) is 6.36. The van der Waals surface area contributed by atoms with Gasteiger partial charge in [-0.15, -0.1) is 10.2 Å². The molecular weight excluding hydrogens is 635 g/mol. The molecule has 4 amide bonds. The van der Waals surface area contributed by atoms with Crippen LogP contribution in [0.5, 0.6) is 0 Å². The topological polar surface area (TPSA) is 153 Å². The van der Waals surface area contributed by atoms with Crippen molar-refractivity contribution in [3.8, 4) is 34.0 Å². The maximum absolute atomic E-state index is 13.4. The monoisotopic (exact) mass is 648 g/mol. The van der Waals surface area contributed by atoms with Gasteiger partial charge in [-0.25, -0.2) is 0 Å². The highest BCUT2D eigenvalue weighted by Gasteiger charge is 2.42. The second-order valence-electron chi connectivity index (χ2n) is 10.2. The summed E-state index contributed by atoms with van der Waals surface area (Å²) in [5.41, 5.74) is 2.40. The van der Waals surface area contributed by atoms with Crippen molar-refractivity contribution < 1.29 is 28.0 Å². The maximum Gasteiger partial charge on any atom is 0.332 e. The minimum atomic E-state index is -0.666. The van der Waals surface area contributed by atoms with Crippen molar-refractivity contribution in [2.24, 2.45) is 0 Å². The van der Waals surface area contributed by atoms with E-state index in [2.05, 4.69) is 20.4 Å². The minimum Gasteiger partial charge on any atom is -0.403 e. The zero-order valence-corrected chi connectivity index (χ0v) is 24.5. The van der Waals surface area contributed by atoms with Gasteiger partial charge in [0.25, 0.3) is 35.4 Å². The van der Waals surface area contributed by atoms with E-state index < -0.39 is 23.6 Å². The third-order valence-corrected chi connectivity index (χ3v) is 8.19. The number of rotatable bonds is 5. The second kappa shape index (κ2) is 10.3. The molecule has 0 bridgehead atoms. The van der Waals surface area contributed by atoms with Crippen molar-refractivity contribution in [2.75, 3.05) is 9.80 Å². The SMILES string of the molecule is O=C1c2ccc(-c3ccc4c(c3)C(=O)N(c3nnc(-c5ccccc5Cl)o3)C4=O)cc2C(=O)N1c1nnc(-c2ccccc2Cl)o1. The molecule has 0 saturated carbocycles. The molecule has 0 N–H and O–H groups in total. The van der Waals surface area contributed by atoms with Gasteiger partial charge in [-0.3, -0.25) is 19.2 Å². The number of nitrogens with zero attached hydrogens (tertiary/aromatic N) is 6. The maximum atomic E-state index is 13.4. The molecule has 4 heterocycles. The van der Waals surface area contributed by atoms with E-state index in [0.717, 1.165) is 9.80 Å². The van der Waals surface area contributed by atoms with E-state index in [1.807, 2.05) is 0 Å². The summed E-state index contributed by atoms with van der Waals surface area (Å²) < 4.78 is 11.3. The number of hydrogen-bond acceptors (Lipinski definition) is 10. The molecule has 4 aromatic carbocycles. The van der Waals surface area contributed by atoms with Gasteiger partial charge in [0.1, 0.15) is 0 Å². The van der Waals surface area contributed by atoms with Crippen molar-refractivity contribution in [1.29, 1.82) is 0 Å². The van der Waals surface area contributed by atoms with Gasteiger partial charge in [0.05, 0.1) is 43.4 Å². The lowest BCUT2D eigenvalue weighted by molar-refractivity contribution is 0.0902. The van der Waals surface area contributed by atoms with E-state index in [9.17, 15) is 19.2 Å². The number of carbonyl (C=O) groups is 4. The normalized spacial score (nSPS) is 14.0. The number of imide groups is 2. The van der Waals surface area contributed by atoms with E-state index in [1.54, 1.807) is 60.7 Å². The first-order valence-corrected chi connectivity index (χ1v) is 14.3. The standard InChI is InChI=1S/C32H14Cl2N6O6/c33-23-7-3-1-5-19(23)25-35-37-31(45-25)39-27(41)17-11-9-15(13-21(17)29(39)43)16-10-12-18-22(14-16)30(44)40(28(18)42)32-38-36-26(46-32)20-6-2-4-8-24(20)34/h1-14H. The summed E-state index contributed by atoms with van der Waals surface area (Å²) in [5.74, 6) is -2.51. The Bertz CT molecular complexity index is 2150. The highest BCUT2D eigenvalue weighted by Crippen LogP contribution is 2.37. The Balaban J connectivity index is 1.08. The molecule has 2 aliphatic rings. The molecule has 46 heavy (non-hydrogen) atoms. The number of hydrogen-bond donors (Lipinski definition) is 0. The van der Waals surface area contributed by atoms with Crippen LogP contribution < -0.4 is 9.80 Å². The van der Waals surface area contributed by atoms with Gasteiger partial charge in [0, 0.05) is 0 Å². The van der Waals surface area contributed by atoms with Gasteiger partial charge in [-0.2, -0.15) is 9.80 Å². The summed E-state index contributed by atoms with van der Waals surface area (Å²) in [6, 6.07) is 22.3. The highest BCUT2D eigenvalue weighted by molar-refractivity contribution is 6.35. The number of anilines is 2. The minimum absolute atomic E-state index is 0.0462. The molecule has 12 nitrogen and oxygen atoms in total. The fourth-order valence-corrected chi connectivity index (χ4v) is 5.72. The van der Waals surface area contributed by atoms with Crippen LogP contribution in [0.3, 0.4) is 0 Å². The summed E-state index contributed by atoms with van der Waals surface area (Å²) >= 11 is 12.4. The summed E-state index contributed by atoms with van der Waals surface area (Å²) in [4.78, 5) is 54.9. The molecule has 0 radical (unpaired) electrons. The van der Waals surface area contributed by atoms with Crippen LogP contribution in [0, 0.1) is 0 Å². The molecule has 0 aliphatic carbocycles. The summed E-state index contributed by atoms with van der Waals surface area (Å²) in [6.07, 6.45) is 0. The smallest absolute Gasteiger partial charge is 0.332 e. The fourth-order valence-electron chi connectivity index (χ4n) is 5.29. The van der Waals surface area contributed by atoms with Gasteiger partial charge in [-0.05, 0) is 59.7 Å².